The van der Waals surface area contributed by atoms with Gasteiger partial charge in [0.2, 0.25) is 0 Å². The summed E-state index contributed by atoms with van der Waals surface area (Å²) in [5.41, 5.74) is 6.88. The van der Waals surface area contributed by atoms with Gasteiger partial charge in [0.05, 0.1) is 5.71 Å². The van der Waals surface area contributed by atoms with E-state index in [9.17, 15) is 4.79 Å². The van der Waals surface area contributed by atoms with Crippen molar-refractivity contribution < 1.29 is 4.79 Å². The number of nitrogens with zero attached hydrogens (tertiary/aromatic N) is 2. The van der Waals surface area contributed by atoms with E-state index in [2.05, 4.69) is 42.3 Å². The Balaban J connectivity index is 1.94. The topological polar surface area (TPSA) is 44.7 Å². The largest absolute Gasteiger partial charge is 0.372 e. The zero-order chi connectivity index (χ0) is 18.1. The van der Waals surface area contributed by atoms with Gasteiger partial charge < -0.3 is 4.90 Å². The number of nitrogens with one attached hydrogen (secondary N) is 1. The quantitative estimate of drug-likeness (QED) is 0.512. The zero-order valence-electron chi connectivity index (χ0n) is 15.8. The molecule has 0 heterocycles. The van der Waals surface area contributed by atoms with Crippen molar-refractivity contribution in [3.05, 3.63) is 41.5 Å². The molecule has 0 unspecified atom stereocenters. The van der Waals surface area contributed by atoms with Crippen LogP contribution in [0.3, 0.4) is 0 Å². The number of anilines is 1. The van der Waals surface area contributed by atoms with Gasteiger partial charge in [-0.15, -0.1) is 0 Å². The minimum atomic E-state index is -0.140. The highest BCUT2D eigenvalue weighted by Crippen LogP contribution is 2.21. The van der Waals surface area contributed by atoms with Crippen LogP contribution in [0, 0.1) is 0 Å². The molecular formula is C21H31N3O. The molecule has 0 saturated carbocycles. The lowest BCUT2D eigenvalue weighted by molar-refractivity contribution is 0.0955. The lowest BCUT2D eigenvalue weighted by Gasteiger charge is -2.20. The van der Waals surface area contributed by atoms with Crippen molar-refractivity contribution in [2.45, 2.75) is 59.3 Å². The van der Waals surface area contributed by atoms with Crippen molar-refractivity contribution >= 4 is 17.3 Å². The highest BCUT2D eigenvalue weighted by atomic mass is 16.2. The van der Waals surface area contributed by atoms with Crippen molar-refractivity contribution in [2.24, 2.45) is 5.10 Å². The number of rotatable bonds is 9. The molecule has 0 fully saturated rings. The summed E-state index contributed by atoms with van der Waals surface area (Å²) in [5, 5.41) is 4.39. The minimum Gasteiger partial charge on any atom is -0.372 e. The van der Waals surface area contributed by atoms with Gasteiger partial charge in [-0.1, -0.05) is 25.8 Å². The first kappa shape index (κ1) is 19.2. The Morgan fingerprint density at radius 3 is 2.48 bits per heavy atom. The number of carbonyl (C=O) groups excluding carboxylic acids is 1. The van der Waals surface area contributed by atoms with E-state index >= 15 is 0 Å². The summed E-state index contributed by atoms with van der Waals surface area (Å²) in [6, 6.07) is 7.74. The van der Waals surface area contributed by atoms with E-state index in [0.717, 1.165) is 43.8 Å². The molecule has 1 aliphatic rings. The molecular weight excluding hydrogens is 310 g/mol. The maximum absolute atomic E-state index is 12.3. The Morgan fingerprint density at radius 1 is 1.12 bits per heavy atom. The second-order valence-electron chi connectivity index (χ2n) is 6.44. The predicted octanol–water partition coefficient (Wildman–Crippen LogP) is 4.92. The van der Waals surface area contributed by atoms with Crippen molar-refractivity contribution in [1.82, 2.24) is 5.43 Å². The Bertz CT molecular complexity index is 613. The normalized spacial score (nSPS) is 15.3. The van der Waals surface area contributed by atoms with Crippen LogP contribution in [0.4, 0.5) is 5.69 Å². The molecule has 0 atom stereocenters. The monoisotopic (exact) mass is 341 g/mol. The van der Waals surface area contributed by atoms with Crippen molar-refractivity contribution in [3.63, 3.8) is 0 Å². The second kappa shape index (κ2) is 10.0. The van der Waals surface area contributed by atoms with Crippen LogP contribution in [0.5, 0.6) is 0 Å². The number of unbranched alkanes of at least 4 members (excludes halogenated alkanes) is 2. The number of carbonyl (C=O) groups is 1. The molecule has 2 rings (SSSR count). The smallest absolute Gasteiger partial charge is 0.271 e. The van der Waals surface area contributed by atoms with Gasteiger partial charge in [-0.05, 0) is 69.4 Å². The lowest BCUT2D eigenvalue weighted by Crippen LogP contribution is -2.22. The van der Waals surface area contributed by atoms with Gasteiger partial charge in [0.15, 0.2) is 0 Å². The molecule has 0 spiro atoms. The fourth-order valence-corrected chi connectivity index (χ4v) is 3.20. The van der Waals surface area contributed by atoms with Crippen LogP contribution in [-0.4, -0.2) is 24.7 Å². The number of hydrogen-bond acceptors (Lipinski definition) is 3. The van der Waals surface area contributed by atoms with Crippen molar-refractivity contribution in [3.8, 4) is 0 Å². The summed E-state index contributed by atoms with van der Waals surface area (Å²) in [6.07, 6.45) is 8.97. The molecule has 1 amide bonds. The van der Waals surface area contributed by atoms with Crippen LogP contribution in [-0.2, 0) is 0 Å². The van der Waals surface area contributed by atoms with Gasteiger partial charge in [-0.25, -0.2) is 5.43 Å². The summed E-state index contributed by atoms with van der Waals surface area (Å²) in [5.74, 6) is -0.140. The van der Waals surface area contributed by atoms with Crippen molar-refractivity contribution in [1.29, 1.82) is 0 Å². The number of allylic oxidation sites excluding steroid dienone is 2. The van der Waals surface area contributed by atoms with E-state index in [-0.39, 0.29) is 5.91 Å². The van der Waals surface area contributed by atoms with E-state index in [0.29, 0.717) is 5.56 Å². The standard InChI is InChI=1S/C21H31N3O/c1-4-7-8-10-17-11-9-12-20(17)22-23-21(25)18-13-15-19(16-14-18)24(5-2)6-3/h11,13-16H,4-10,12H2,1-3H3,(H,23,25). The molecule has 0 aromatic heterocycles. The average Bonchev–Trinajstić information content (AvgIpc) is 3.09. The third-order valence-corrected chi connectivity index (χ3v) is 4.74. The molecule has 0 aliphatic heterocycles. The minimum absolute atomic E-state index is 0.140. The number of benzene rings is 1. The van der Waals surface area contributed by atoms with Crippen LogP contribution >= 0.6 is 0 Å². The van der Waals surface area contributed by atoms with E-state index in [1.54, 1.807) is 0 Å². The second-order valence-corrected chi connectivity index (χ2v) is 6.44. The van der Waals surface area contributed by atoms with Gasteiger partial charge in [0.25, 0.3) is 5.91 Å². The molecule has 4 heteroatoms. The SMILES string of the molecule is CCCCCC1=CCCC1=NNC(=O)c1ccc(N(CC)CC)cc1. The van der Waals surface area contributed by atoms with E-state index in [1.165, 1.54) is 24.8 Å². The zero-order valence-corrected chi connectivity index (χ0v) is 15.8. The van der Waals surface area contributed by atoms with Crippen LogP contribution < -0.4 is 10.3 Å². The molecule has 4 nitrogen and oxygen atoms in total. The first-order valence-corrected chi connectivity index (χ1v) is 9.60. The molecule has 1 aliphatic carbocycles. The Hall–Kier alpha value is -2.10. The average molecular weight is 341 g/mol. The number of hydrazone groups is 1. The molecule has 1 N–H and O–H groups in total. The third kappa shape index (κ3) is 5.45. The summed E-state index contributed by atoms with van der Waals surface area (Å²) in [6.45, 7) is 8.40. The first-order chi connectivity index (χ1) is 12.2. The van der Waals surface area contributed by atoms with Gasteiger partial charge in [-0.3, -0.25) is 4.79 Å². The van der Waals surface area contributed by atoms with E-state index < -0.39 is 0 Å². The first-order valence-electron chi connectivity index (χ1n) is 9.60. The highest BCUT2D eigenvalue weighted by molar-refractivity contribution is 6.03. The van der Waals surface area contributed by atoms with E-state index in [1.807, 2.05) is 24.3 Å². The molecule has 0 radical (unpaired) electrons. The fraction of sp³-hybridized carbons (Fsp3) is 0.524. The maximum Gasteiger partial charge on any atom is 0.271 e. The lowest BCUT2D eigenvalue weighted by atomic mass is 10.1. The summed E-state index contributed by atoms with van der Waals surface area (Å²) in [7, 11) is 0. The molecule has 0 saturated heterocycles. The van der Waals surface area contributed by atoms with Crippen LogP contribution in [0.2, 0.25) is 0 Å². The van der Waals surface area contributed by atoms with Gasteiger partial charge in [0.1, 0.15) is 0 Å². The summed E-state index contributed by atoms with van der Waals surface area (Å²) in [4.78, 5) is 14.6. The van der Waals surface area contributed by atoms with Crippen LogP contribution in [0.25, 0.3) is 0 Å². The molecule has 25 heavy (non-hydrogen) atoms. The van der Waals surface area contributed by atoms with Gasteiger partial charge in [0, 0.05) is 24.3 Å². The number of hydrogen-bond donors (Lipinski definition) is 1. The predicted molar refractivity (Wildman–Crippen MR) is 106 cm³/mol. The van der Waals surface area contributed by atoms with Crippen molar-refractivity contribution in [2.75, 3.05) is 18.0 Å². The Labute approximate surface area is 152 Å². The van der Waals surface area contributed by atoms with Gasteiger partial charge in [-0.2, -0.15) is 5.10 Å². The number of amides is 1. The molecule has 0 bridgehead atoms. The Morgan fingerprint density at radius 2 is 1.84 bits per heavy atom. The van der Waals surface area contributed by atoms with E-state index in [4.69, 9.17) is 0 Å². The highest BCUT2D eigenvalue weighted by Gasteiger charge is 2.14. The summed E-state index contributed by atoms with van der Waals surface area (Å²) < 4.78 is 0. The van der Waals surface area contributed by atoms with Gasteiger partial charge >= 0.3 is 0 Å². The van der Waals surface area contributed by atoms with Crippen LogP contribution in [0.15, 0.2) is 41.0 Å². The van der Waals surface area contributed by atoms with Crippen LogP contribution in [0.1, 0.15) is 69.7 Å². The molecule has 136 valence electrons. The molecule has 1 aromatic rings. The maximum atomic E-state index is 12.3. The molecule has 1 aromatic carbocycles. The summed E-state index contributed by atoms with van der Waals surface area (Å²) >= 11 is 0. The Kier molecular flexibility index (Phi) is 7.71. The fourth-order valence-electron chi connectivity index (χ4n) is 3.20. The third-order valence-electron chi connectivity index (χ3n) is 4.74.